The smallest absolute Gasteiger partial charge is 0.245 e. The molecule has 0 aromatic carbocycles. The highest BCUT2D eigenvalue weighted by molar-refractivity contribution is 7.11. The predicted octanol–water partition coefficient (Wildman–Crippen LogP) is 2.99. The van der Waals surface area contributed by atoms with Crippen molar-refractivity contribution in [2.75, 3.05) is 6.54 Å². The maximum Gasteiger partial charge on any atom is 0.245 e. The van der Waals surface area contributed by atoms with E-state index in [0.717, 1.165) is 16.9 Å². The number of aromatic nitrogens is 1. The predicted molar refractivity (Wildman–Crippen MR) is 98.0 cm³/mol. The molecule has 0 spiro atoms. The SMILES string of the molecule is Cc1ccc(CN(Cc2ccncc2)C(=O)[C@@H](C)N2CCCC2=O)s1. The second-order valence-corrected chi connectivity index (χ2v) is 7.80. The zero-order chi connectivity index (χ0) is 17.8. The first-order chi connectivity index (χ1) is 12.0. The first-order valence-corrected chi connectivity index (χ1v) is 9.38. The van der Waals surface area contributed by atoms with Gasteiger partial charge in [0.1, 0.15) is 6.04 Å². The Morgan fingerprint density at radius 2 is 2.04 bits per heavy atom. The summed E-state index contributed by atoms with van der Waals surface area (Å²) in [6.45, 7) is 5.66. The van der Waals surface area contributed by atoms with Crippen molar-refractivity contribution < 1.29 is 9.59 Å². The summed E-state index contributed by atoms with van der Waals surface area (Å²) in [5.41, 5.74) is 1.04. The number of amides is 2. The highest BCUT2D eigenvalue weighted by Crippen LogP contribution is 2.21. The molecule has 1 fully saturated rings. The third-order valence-corrected chi connectivity index (χ3v) is 5.50. The molecule has 0 N–H and O–H groups in total. The van der Waals surface area contributed by atoms with Crippen molar-refractivity contribution in [3.63, 3.8) is 0 Å². The molecule has 2 aromatic rings. The Labute approximate surface area is 152 Å². The molecule has 2 aromatic heterocycles. The van der Waals surface area contributed by atoms with Crippen LogP contribution in [0.5, 0.6) is 0 Å². The van der Waals surface area contributed by atoms with Gasteiger partial charge in [0.15, 0.2) is 0 Å². The van der Waals surface area contributed by atoms with Crippen LogP contribution in [0.15, 0.2) is 36.7 Å². The van der Waals surface area contributed by atoms with Crippen molar-refractivity contribution in [1.29, 1.82) is 0 Å². The minimum Gasteiger partial charge on any atom is -0.331 e. The number of carbonyl (C=O) groups excluding carboxylic acids is 2. The monoisotopic (exact) mass is 357 g/mol. The topological polar surface area (TPSA) is 53.5 Å². The molecule has 1 aliphatic rings. The van der Waals surface area contributed by atoms with E-state index in [1.165, 1.54) is 4.88 Å². The van der Waals surface area contributed by atoms with E-state index in [-0.39, 0.29) is 11.8 Å². The highest BCUT2D eigenvalue weighted by Gasteiger charge is 2.32. The Balaban J connectivity index is 1.79. The lowest BCUT2D eigenvalue weighted by Gasteiger charge is -2.30. The first-order valence-electron chi connectivity index (χ1n) is 8.57. The van der Waals surface area contributed by atoms with Crippen molar-refractivity contribution in [3.8, 4) is 0 Å². The Bertz CT molecular complexity index is 744. The number of aryl methyl sites for hydroxylation is 1. The molecular weight excluding hydrogens is 334 g/mol. The largest absolute Gasteiger partial charge is 0.331 e. The van der Waals surface area contributed by atoms with Gasteiger partial charge in [0.2, 0.25) is 11.8 Å². The molecule has 0 saturated carbocycles. The Kier molecular flexibility index (Phi) is 5.48. The molecule has 3 rings (SSSR count). The van der Waals surface area contributed by atoms with E-state index < -0.39 is 6.04 Å². The molecule has 3 heterocycles. The molecule has 5 nitrogen and oxygen atoms in total. The standard InChI is InChI=1S/C19H23N3O2S/c1-14-5-6-17(25-14)13-21(12-16-7-9-20-10-8-16)19(24)15(2)22-11-3-4-18(22)23/h5-10,15H,3-4,11-13H2,1-2H3/t15-/m1/s1. The molecular formula is C19H23N3O2S. The van der Waals surface area contributed by atoms with E-state index in [1.807, 2.05) is 24.0 Å². The van der Waals surface area contributed by atoms with Crippen molar-refractivity contribution >= 4 is 23.2 Å². The maximum absolute atomic E-state index is 13.1. The van der Waals surface area contributed by atoms with Gasteiger partial charge in [-0.15, -0.1) is 11.3 Å². The number of likely N-dealkylation sites (tertiary alicyclic amines) is 1. The number of hydrogen-bond donors (Lipinski definition) is 0. The van der Waals surface area contributed by atoms with Crippen LogP contribution in [-0.4, -0.2) is 39.2 Å². The van der Waals surface area contributed by atoms with Crippen LogP contribution in [0.4, 0.5) is 0 Å². The number of hydrogen-bond acceptors (Lipinski definition) is 4. The van der Waals surface area contributed by atoms with Gasteiger partial charge >= 0.3 is 0 Å². The fourth-order valence-electron chi connectivity index (χ4n) is 3.15. The van der Waals surface area contributed by atoms with Gasteiger partial charge in [0.05, 0.1) is 6.54 Å². The summed E-state index contributed by atoms with van der Waals surface area (Å²) in [6.07, 6.45) is 4.86. The van der Waals surface area contributed by atoms with Crippen molar-refractivity contribution in [3.05, 3.63) is 52.0 Å². The third kappa shape index (κ3) is 4.25. The zero-order valence-electron chi connectivity index (χ0n) is 14.6. The summed E-state index contributed by atoms with van der Waals surface area (Å²) in [7, 11) is 0. The number of rotatable bonds is 6. The lowest BCUT2D eigenvalue weighted by atomic mass is 10.2. The molecule has 0 bridgehead atoms. The van der Waals surface area contributed by atoms with Gasteiger partial charge in [-0.1, -0.05) is 0 Å². The van der Waals surface area contributed by atoms with E-state index in [2.05, 4.69) is 24.0 Å². The van der Waals surface area contributed by atoms with E-state index >= 15 is 0 Å². The Hall–Kier alpha value is -2.21. The van der Waals surface area contributed by atoms with Gasteiger partial charge in [0, 0.05) is 41.7 Å². The van der Waals surface area contributed by atoms with Crippen LogP contribution in [-0.2, 0) is 22.7 Å². The van der Waals surface area contributed by atoms with E-state index in [4.69, 9.17) is 0 Å². The average molecular weight is 357 g/mol. The molecule has 132 valence electrons. The first kappa shape index (κ1) is 17.6. The van der Waals surface area contributed by atoms with Gasteiger partial charge in [-0.25, -0.2) is 0 Å². The summed E-state index contributed by atoms with van der Waals surface area (Å²) in [4.78, 5) is 35.1. The highest BCUT2D eigenvalue weighted by atomic mass is 32.1. The fourth-order valence-corrected chi connectivity index (χ4v) is 4.06. The molecule has 1 atom stereocenters. The quantitative estimate of drug-likeness (QED) is 0.799. The molecule has 1 saturated heterocycles. The Morgan fingerprint density at radius 3 is 2.64 bits per heavy atom. The molecule has 1 aliphatic heterocycles. The van der Waals surface area contributed by atoms with Crippen LogP contribution in [0.3, 0.4) is 0 Å². The lowest BCUT2D eigenvalue weighted by molar-refractivity contribution is -0.143. The van der Waals surface area contributed by atoms with E-state index in [1.54, 1.807) is 28.6 Å². The van der Waals surface area contributed by atoms with Gasteiger partial charge in [-0.05, 0) is 50.1 Å². The minimum absolute atomic E-state index is 0.00175. The van der Waals surface area contributed by atoms with E-state index in [9.17, 15) is 9.59 Å². The Morgan fingerprint density at radius 1 is 1.28 bits per heavy atom. The number of thiophene rings is 1. The average Bonchev–Trinajstić information content (AvgIpc) is 3.22. The number of nitrogens with zero attached hydrogens (tertiary/aromatic N) is 3. The van der Waals surface area contributed by atoms with Crippen molar-refractivity contribution in [1.82, 2.24) is 14.8 Å². The lowest BCUT2D eigenvalue weighted by Crippen LogP contribution is -2.47. The van der Waals surface area contributed by atoms with Gasteiger partial charge in [-0.2, -0.15) is 0 Å². The van der Waals surface area contributed by atoms with E-state index in [0.29, 0.717) is 26.1 Å². The summed E-state index contributed by atoms with van der Waals surface area (Å²) in [5.74, 6) is 0.0785. The van der Waals surface area contributed by atoms with Crippen LogP contribution in [0.1, 0.15) is 35.1 Å². The fraction of sp³-hybridized carbons (Fsp3) is 0.421. The van der Waals surface area contributed by atoms with Gasteiger partial charge in [0.25, 0.3) is 0 Å². The molecule has 25 heavy (non-hydrogen) atoms. The zero-order valence-corrected chi connectivity index (χ0v) is 15.5. The van der Waals surface area contributed by atoms with Crippen LogP contribution >= 0.6 is 11.3 Å². The van der Waals surface area contributed by atoms with Crippen molar-refractivity contribution in [2.45, 2.75) is 45.8 Å². The summed E-state index contributed by atoms with van der Waals surface area (Å²) >= 11 is 1.70. The molecule has 0 unspecified atom stereocenters. The van der Waals surface area contributed by atoms with Crippen LogP contribution in [0.2, 0.25) is 0 Å². The second kappa shape index (κ2) is 7.78. The van der Waals surface area contributed by atoms with Crippen LogP contribution < -0.4 is 0 Å². The van der Waals surface area contributed by atoms with Crippen LogP contribution in [0.25, 0.3) is 0 Å². The second-order valence-electron chi connectivity index (χ2n) is 6.43. The van der Waals surface area contributed by atoms with Crippen LogP contribution in [0, 0.1) is 6.92 Å². The third-order valence-electron chi connectivity index (χ3n) is 4.51. The number of carbonyl (C=O) groups is 2. The number of pyridine rings is 1. The summed E-state index contributed by atoms with van der Waals surface area (Å²) < 4.78 is 0. The van der Waals surface area contributed by atoms with Crippen molar-refractivity contribution in [2.24, 2.45) is 0 Å². The normalized spacial score (nSPS) is 15.4. The maximum atomic E-state index is 13.1. The van der Waals surface area contributed by atoms with Gasteiger partial charge < -0.3 is 9.80 Å². The summed E-state index contributed by atoms with van der Waals surface area (Å²) in [6, 6.07) is 7.57. The minimum atomic E-state index is -0.419. The molecule has 0 radical (unpaired) electrons. The molecule has 0 aliphatic carbocycles. The summed E-state index contributed by atoms with van der Waals surface area (Å²) in [5, 5.41) is 0. The molecule has 6 heteroatoms. The van der Waals surface area contributed by atoms with Gasteiger partial charge in [-0.3, -0.25) is 14.6 Å². The molecule has 2 amide bonds.